The molecule has 1 aromatic rings. The van der Waals surface area contributed by atoms with E-state index in [1.807, 2.05) is 18.2 Å². The van der Waals surface area contributed by atoms with Gasteiger partial charge in [-0.25, -0.2) is 0 Å². The molecule has 18 heavy (non-hydrogen) atoms. The Morgan fingerprint density at radius 1 is 1.39 bits per heavy atom. The van der Waals surface area contributed by atoms with Crippen molar-refractivity contribution < 1.29 is 14.3 Å². The number of benzene rings is 1. The molecule has 0 amide bonds. The lowest BCUT2D eigenvalue weighted by atomic mass is 9.68. The van der Waals surface area contributed by atoms with Gasteiger partial charge in [-0.1, -0.05) is 38.1 Å². The summed E-state index contributed by atoms with van der Waals surface area (Å²) in [6.07, 6.45) is 0.516. The Morgan fingerprint density at radius 2 is 2.06 bits per heavy atom. The van der Waals surface area contributed by atoms with Crippen LogP contribution in [0.25, 0.3) is 0 Å². The number of rotatable bonds is 2. The zero-order valence-corrected chi connectivity index (χ0v) is 11.0. The van der Waals surface area contributed by atoms with E-state index in [-0.39, 0.29) is 11.2 Å². The van der Waals surface area contributed by atoms with Crippen LogP contribution in [0.1, 0.15) is 43.1 Å². The minimum Gasteiger partial charge on any atom is -0.465 e. The number of hydrogen-bond acceptors (Lipinski definition) is 3. The lowest BCUT2D eigenvalue weighted by molar-refractivity contribution is -0.146. The highest BCUT2D eigenvalue weighted by molar-refractivity contribution is 6.10. The van der Waals surface area contributed by atoms with Crippen LogP contribution in [0.2, 0.25) is 0 Å². The summed E-state index contributed by atoms with van der Waals surface area (Å²) in [6, 6.07) is 7.53. The van der Waals surface area contributed by atoms with Crippen LogP contribution >= 0.6 is 0 Å². The average Bonchev–Trinajstić information content (AvgIpc) is 2.34. The van der Waals surface area contributed by atoms with E-state index in [1.165, 1.54) is 0 Å². The summed E-state index contributed by atoms with van der Waals surface area (Å²) >= 11 is 0. The van der Waals surface area contributed by atoms with Gasteiger partial charge in [-0.3, -0.25) is 9.59 Å². The monoisotopic (exact) mass is 246 g/mol. The normalized spacial score (nSPS) is 21.3. The maximum absolute atomic E-state index is 12.3. The smallest absolute Gasteiger partial charge is 0.316 e. The van der Waals surface area contributed by atoms with E-state index in [4.69, 9.17) is 4.74 Å². The average molecular weight is 246 g/mol. The van der Waals surface area contributed by atoms with E-state index in [1.54, 1.807) is 13.0 Å². The Kier molecular flexibility index (Phi) is 3.24. The third-order valence-electron chi connectivity index (χ3n) is 3.52. The Balaban J connectivity index is 2.42. The Bertz CT molecular complexity index is 488. The summed E-state index contributed by atoms with van der Waals surface area (Å²) < 4.78 is 5.00. The van der Waals surface area contributed by atoms with E-state index in [9.17, 15) is 9.59 Å². The molecule has 1 aromatic carbocycles. The molecule has 1 unspecified atom stereocenters. The quantitative estimate of drug-likeness (QED) is 0.595. The van der Waals surface area contributed by atoms with Crippen LogP contribution < -0.4 is 0 Å². The van der Waals surface area contributed by atoms with Crippen molar-refractivity contribution in [2.45, 2.75) is 32.6 Å². The number of Topliss-reactive ketones (excluding diaryl/α,β-unsaturated/α-hetero) is 1. The number of carbonyl (C=O) groups is 2. The van der Waals surface area contributed by atoms with Gasteiger partial charge in [0.05, 0.1) is 6.61 Å². The molecule has 0 N–H and O–H groups in total. The summed E-state index contributed by atoms with van der Waals surface area (Å²) in [5.74, 6) is -1.16. The van der Waals surface area contributed by atoms with Crippen molar-refractivity contribution in [2.75, 3.05) is 6.61 Å². The highest BCUT2D eigenvalue weighted by atomic mass is 16.5. The maximum Gasteiger partial charge on any atom is 0.316 e. The number of fused-ring (bicyclic) bond motifs is 1. The molecule has 0 aliphatic heterocycles. The van der Waals surface area contributed by atoms with Gasteiger partial charge in [-0.2, -0.15) is 0 Å². The van der Waals surface area contributed by atoms with Gasteiger partial charge >= 0.3 is 5.97 Å². The van der Waals surface area contributed by atoms with Gasteiger partial charge in [0.25, 0.3) is 0 Å². The van der Waals surface area contributed by atoms with E-state index < -0.39 is 11.9 Å². The number of carbonyl (C=O) groups excluding carboxylic acids is 2. The number of ketones is 1. The van der Waals surface area contributed by atoms with Gasteiger partial charge in [-0.15, -0.1) is 0 Å². The highest BCUT2D eigenvalue weighted by Gasteiger charge is 2.42. The van der Waals surface area contributed by atoms with Crippen molar-refractivity contribution in [3.05, 3.63) is 35.4 Å². The molecule has 0 spiro atoms. The molecule has 1 aliphatic rings. The van der Waals surface area contributed by atoms with E-state index >= 15 is 0 Å². The SMILES string of the molecule is CCOC(=O)C1CC(C)(C)c2ccccc2C1=O. The first-order chi connectivity index (χ1) is 8.47. The zero-order chi connectivity index (χ0) is 13.3. The van der Waals surface area contributed by atoms with Crippen LogP contribution in [0.5, 0.6) is 0 Å². The molecular weight excluding hydrogens is 228 g/mol. The fourth-order valence-corrected chi connectivity index (χ4v) is 2.62. The van der Waals surface area contributed by atoms with Crippen LogP contribution in [-0.4, -0.2) is 18.4 Å². The Morgan fingerprint density at radius 3 is 2.72 bits per heavy atom. The summed E-state index contributed by atoms with van der Waals surface area (Å²) in [5.41, 5.74) is 1.50. The molecule has 0 bridgehead atoms. The molecular formula is C15H18O3. The van der Waals surface area contributed by atoms with Crippen molar-refractivity contribution in [3.63, 3.8) is 0 Å². The molecule has 96 valence electrons. The molecule has 0 aromatic heterocycles. The standard InChI is InChI=1S/C15H18O3/c1-4-18-14(17)11-9-15(2,3)12-8-6-5-7-10(12)13(11)16/h5-8,11H,4,9H2,1-3H3. The maximum atomic E-state index is 12.3. The third-order valence-corrected chi connectivity index (χ3v) is 3.52. The second kappa shape index (κ2) is 4.56. The van der Waals surface area contributed by atoms with Crippen LogP contribution in [0, 0.1) is 5.92 Å². The molecule has 3 heteroatoms. The summed E-state index contributed by atoms with van der Waals surface area (Å²) in [4.78, 5) is 24.2. The fraction of sp³-hybridized carbons (Fsp3) is 0.467. The molecule has 1 atom stereocenters. The number of hydrogen-bond donors (Lipinski definition) is 0. The highest BCUT2D eigenvalue weighted by Crippen LogP contribution is 2.39. The molecule has 0 saturated carbocycles. The second-order valence-corrected chi connectivity index (χ2v) is 5.30. The first-order valence-corrected chi connectivity index (χ1v) is 6.27. The number of esters is 1. The number of ether oxygens (including phenoxy) is 1. The lowest BCUT2D eigenvalue weighted by Crippen LogP contribution is -2.39. The van der Waals surface area contributed by atoms with Crippen molar-refractivity contribution in [1.82, 2.24) is 0 Å². The van der Waals surface area contributed by atoms with Crippen molar-refractivity contribution in [1.29, 1.82) is 0 Å². The molecule has 2 rings (SSSR count). The summed E-state index contributed by atoms with van der Waals surface area (Å²) in [7, 11) is 0. The van der Waals surface area contributed by atoms with Gasteiger partial charge in [-0.05, 0) is 24.3 Å². The predicted molar refractivity (Wildman–Crippen MR) is 68.5 cm³/mol. The largest absolute Gasteiger partial charge is 0.465 e. The van der Waals surface area contributed by atoms with Gasteiger partial charge in [0, 0.05) is 5.56 Å². The zero-order valence-electron chi connectivity index (χ0n) is 11.0. The summed E-state index contributed by atoms with van der Waals surface area (Å²) in [5, 5.41) is 0. The van der Waals surface area contributed by atoms with Crippen molar-refractivity contribution >= 4 is 11.8 Å². The van der Waals surface area contributed by atoms with Gasteiger partial charge in [0.2, 0.25) is 0 Å². The molecule has 0 heterocycles. The van der Waals surface area contributed by atoms with Crippen LogP contribution in [-0.2, 0) is 14.9 Å². The minimum atomic E-state index is -0.658. The van der Waals surface area contributed by atoms with Crippen LogP contribution in [0.15, 0.2) is 24.3 Å². The van der Waals surface area contributed by atoms with E-state index in [0.29, 0.717) is 18.6 Å². The van der Waals surface area contributed by atoms with Crippen LogP contribution in [0.3, 0.4) is 0 Å². The third kappa shape index (κ3) is 2.05. The molecule has 1 aliphatic carbocycles. The van der Waals surface area contributed by atoms with Gasteiger partial charge < -0.3 is 4.74 Å². The van der Waals surface area contributed by atoms with Crippen LogP contribution in [0.4, 0.5) is 0 Å². The molecule has 0 fully saturated rings. The topological polar surface area (TPSA) is 43.4 Å². The molecule has 0 saturated heterocycles. The predicted octanol–water partition coefficient (Wildman–Crippen LogP) is 2.73. The Hall–Kier alpha value is -1.64. The van der Waals surface area contributed by atoms with Gasteiger partial charge in [0.1, 0.15) is 5.92 Å². The second-order valence-electron chi connectivity index (χ2n) is 5.30. The molecule has 3 nitrogen and oxygen atoms in total. The summed E-state index contributed by atoms with van der Waals surface area (Å²) in [6.45, 7) is 6.18. The van der Waals surface area contributed by atoms with Gasteiger partial charge in [0.15, 0.2) is 5.78 Å². The first-order valence-electron chi connectivity index (χ1n) is 6.27. The van der Waals surface area contributed by atoms with E-state index in [2.05, 4.69) is 13.8 Å². The van der Waals surface area contributed by atoms with Crippen molar-refractivity contribution in [3.8, 4) is 0 Å². The fourth-order valence-electron chi connectivity index (χ4n) is 2.62. The molecule has 0 radical (unpaired) electrons. The Labute approximate surface area is 107 Å². The lowest BCUT2D eigenvalue weighted by Gasteiger charge is -2.35. The van der Waals surface area contributed by atoms with Crippen molar-refractivity contribution in [2.24, 2.45) is 5.92 Å². The van der Waals surface area contributed by atoms with E-state index in [0.717, 1.165) is 5.56 Å². The first kappa shape index (κ1) is 12.8. The minimum absolute atomic E-state index is 0.108.